The summed E-state index contributed by atoms with van der Waals surface area (Å²) >= 11 is 0. The molecule has 0 unspecified atom stereocenters. The number of nitrogens with one attached hydrogen (secondary N) is 1. The molecular formula is C45H56N3O3S+. The Bertz CT molecular complexity index is 2030. The van der Waals surface area contributed by atoms with Crippen LogP contribution in [0.25, 0.3) is 0 Å². The third-order valence-electron chi connectivity index (χ3n) is 11.1. The van der Waals surface area contributed by atoms with Gasteiger partial charge in [-0.25, -0.2) is 0 Å². The Hall–Kier alpha value is -4.20. The summed E-state index contributed by atoms with van der Waals surface area (Å²) in [6, 6.07) is 27.9. The van der Waals surface area contributed by atoms with Crippen molar-refractivity contribution in [1.29, 1.82) is 0 Å². The lowest BCUT2D eigenvalue weighted by Gasteiger charge is -2.28. The third-order valence-corrected chi connectivity index (χ3v) is 11.9. The van der Waals surface area contributed by atoms with Crippen molar-refractivity contribution in [3.63, 3.8) is 0 Å². The Morgan fingerprint density at radius 1 is 0.808 bits per heavy atom. The smallest absolute Gasteiger partial charge is 0.264 e. The molecule has 274 valence electrons. The summed E-state index contributed by atoms with van der Waals surface area (Å²) in [5, 5.41) is 3.84. The van der Waals surface area contributed by atoms with Gasteiger partial charge >= 0.3 is 0 Å². The number of anilines is 2. The van der Waals surface area contributed by atoms with E-state index in [2.05, 4.69) is 153 Å². The van der Waals surface area contributed by atoms with Gasteiger partial charge in [-0.1, -0.05) is 93.9 Å². The molecule has 0 radical (unpaired) electrons. The van der Waals surface area contributed by atoms with Gasteiger partial charge in [-0.15, -0.1) is 0 Å². The van der Waals surface area contributed by atoms with Gasteiger partial charge in [0.15, 0.2) is 5.71 Å². The van der Waals surface area contributed by atoms with Crippen LogP contribution in [0.2, 0.25) is 0 Å². The summed E-state index contributed by atoms with van der Waals surface area (Å²) in [5.41, 5.74) is 12.2. The molecule has 6 rings (SSSR count). The van der Waals surface area contributed by atoms with Crippen molar-refractivity contribution in [3.8, 4) is 0 Å². The van der Waals surface area contributed by atoms with E-state index < -0.39 is 10.1 Å². The van der Waals surface area contributed by atoms with Gasteiger partial charge in [0.1, 0.15) is 6.54 Å². The zero-order valence-corrected chi connectivity index (χ0v) is 32.5. The maximum absolute atomic E-state index is 11.4. The Balaban J connectivity index is 1.40. The van der Waals surface area contributed by atoms with Gasteiger partial charge in [-0.2, -0.15) is 13.0 Å². The average Bonchev–Trinajstić information content (AvgIpc) is 3.47. The van der Waals surface area contributed by atoms with Crippen molar-refractivity contribution in [1.82, 2.24) is 0 Å². The molecule has 2 heterocycles. The van der Waals surface area contributed by atoms with Gasteiger partial charge in [0.05, 0.1) is 11.2 Å². The summed E-state index contributed by atoms with van der Waals surface area (Å²) in [7, 11) is -3.98. The van der Waals surface area contributed by atoms with Crippen LogP contribution in [-0.2, 0) is 20.9 Å². The number of nitrogens with zero attached hydrogens (tertiary/aromatic N) is 2. The topological polar surface area (TPSA) is 72.7 Å². The van der Waals surface area contributed by atoms with Gasteiger partial charge in [0, 0.05) is 58.9 Å². The van der Waals surface area contributed by atoms with Crippen LogP contribution >= 0.6 is 0 Å². The first-order valence-corrected chi connectivity index (χ1v) is 20.7. The molecule has 3 aliphatic rings. The van der Waals surface area contributed by atoms with E-state index in [0.717, 1.165) is 37.2 Å². The second-order valence-electron chi connectivity index (χ2n) is 15.5. The number of fused-ring (bicyclic) bond motifs is 2. The summed E-state index contributed by atoms with van der Waals surface area (Å²) < 4.78 is 34.8. The van der Waals surface area contributed by atoms with Gasteiger partial charge < -0.3 is 10.2 Å². The van der Waals surface area contributed by atoms with E-state index in [1.807, 2.05) is 0 Å². The minimum atomic E-state index is -3.98. The van der Waals surface area contributed by atoms with Crippen LogP contribution in [0.3, 0.4) is 0 Å². The average molecular weight is 719 g/mol. The molecule has 0 bridgehead atoms. The lowest BCUT2D eigenvalue weighted by atomic mass is 9.81. The molecule has 0 spiro atoms. The van der Waals surface area contributed by atoms with Crippen molar-refractivity contribution in [2.45, 2.75) is 96.8 Å². The highest BCUT2D eigenvalue weighted by molar-refractivity contribution is 7.85. The van der Waals surface area contributed by atoms with E-state index >= 15 is 0 Å². The first-order valence-electron chi connectivity index (χ1n) is 19.1. The molecule has 0 amide bonds. The van der Waals surface area contributed by atoms with Crippen molar-refractivity contribution in [3.05, 3.63) is 137 Å². The molecule has 0 saturated carbocycles. The van der Waals surface area contributed by atoms with Gasteiger partial charge in [0.2, 0.25) is 5.69 Å². The first-order chi connectivity index (χ1) is 24.9. The molecule has 7 heteroatoms. The summed E-state index contributed by atoms with van der Waals surface area (Å²) in [5.74, 6) is -0.219. The minimum absolute atomic E-state index is 0.0987. The number of hydrogen-bond donors (Lipinski definition) is 2. The molecule has 3 aromatic rings. The quantitative estimate of drug-likeness (QED) is 0.0986. The number of benzene rings is 3. The molecule has 0 atom stereocenters. The fourth-order valence-corrected chi connectivity index (χ4v) is 8.85. The third kappa shape index (κ3) is 8.06. The van der Waals surface area contributed by atoms with Crippen LogP contribution in [0.5, 0.6) is 0 Å². The lowest BCUT2D eigenvalue weighted by Crippen LogP contribution is -2.28. The zero-order chi connectivity index (χ0) is 36.9. The van der Waals surface area contributed by atoms with Gasteiger partial charge in [0.25, 0.3) is 10.1 Å². The summed E-state index contributed by atoms with van der Waals surface area (Å²) in [6.45, 7) is 13.2. The number of allylic oxidation sites excluding steroid dienone is 7. The fraction of sp³-hybridized carbons (Fsp3) is 0.400. The molecule has 2 aliphatic heterocycles. The van der Waals surface area contributed by atoms with E-state index in [9.17, 15) is 13.0 Å². The first kappa shape index (κ1) is 37.6. The van der Waals surface area contributed by atoms with Crippen LogP contribution in [0.15, 0.2) is 126 Å². The molecule has 1 aliphatic carbocycles. The molecular weight excluding hydrogens is 663 g/mol. The second-order valence-corrected chi connectivity index (χ2v) is 17.1. The summed E-state index contributed by atoms with van der Waals surface area (Å²) in [6.07, 6.45) is 17.0. The Kier molecular flexibility index (Phi) is 11.4. The molecule has 6 nitrogen and oxygen atoms in total. The molecule has 2 N–H and O–H groups in total. The number of rotatable bonds is 14. The SMILES string of the molecule is CCCCC[N+]1=C(C=CC2=C(Nc3ccccc3)C(=CC=C3N(CCCCS(=O)(=O)O)c4ccccc4C3(C)C)CCC2)C(C)(C)c2ccccc21. The van der Waals surface area contributed by atoms with Gasteiger partial charge in [-0.3, -0.25) is 4.55 Å². The highest BCUT2D eigenvalue weighted by atomic mass is 32.2. The number of unbranched alkanes of at least 4 members (excludes halogenated alkanes) is 3. The van der Waals surface area contributed by atoms with Crippen molar-refractivity contribution in [2.24, 2.45) is 0 Å². The fourth-order valence-electron chi connectivity index (χ4n) is 8.28. The van der Waals surface area contributed by atoms with Crippen LogP contribution < -0.4 is 10.2 Å². The van der Waals surface area contributed by atoms with E-state index in [1.54, 1.807) is 0 Å². The van der Waals surface area contributed by atoms with E-state index in [-0.39, 0.29) is 16.6 Å². The van der Waals surface area contributed by atoms with Crippen molar-refractivity contribution >= 4 is 32.9 Å². The standard InChI is InChI=1S/C45H55N3O3S/c1-6-7-15-31-47-39-25-13-11-23-37(39)44(2,3)41(47)29-27-34-19-18-20-35(43(34)46-36-21-9-8-10-22-36)28-30-42-45(4,5)38-24-12-14-26-40(38)48(42)32-16-17-33-52(49,50)51/h8-14,21-30H,6-7,15-20,31-33H2,1-5H3,(H,49,50,51)/p+1. The number of para-hydroxylation sites is 3. The number of hydrogen-bond acceptors (Lipinski definition) is 4. The Labute approximate surface area is 312 Å². The zero-order valence-electron chi connectivity index (χ0n) is 31.7. The molecule has 52 heavy (non-hydrogen) atoms. The van der Waals surface area contributed by atoms with Crippen molar-refractivity contribution in [2.75, 3.05) is 29.1 Å². The van der Waals surface area contributed by atoms with Crippen LogP contribution in [0, 0.1) is 0 Å². The largest absolute Gasteiger partial charge is 0.355 e. The minimum Gasteiger partial charge on any atom is -0.355 e. The Morgan fingerprint density at radius 2 is 1.52 bits per heavy atom. The monoisotopic (exact) mass is 718 g/mol. The lowest BCUT2D eigenvalue weighted by molar-refractivity contribution is -0.438. The molecule has 3 aromatic carbocycles. The van der Waals surface area contributed by atoms with Crippen LogP contribution in [0.4, 0.5) is 17.1 Å². The predicted molar refractivity (Wildman–Crippen MR) is 217 cm³/mol. The van der Waals surface area contributed by atoms with Crippen LogP contribution in [-0.4, -0.2) is 42.1 Å². The highest BCUT2D eigenvalue weighted by Crippen LogP contribution is 2.48. The maximum Gasteiger partial charge on any atom is 0.264 e. The summed E-state index contributed by atoms with van der Waals surface area (Å²) in [4.78, 5) is 2.34. The maximum atomic E-state index is 11.4. The van der Waals surface area contributed by atoms with E-state index in [0.29, 0.717) is 19.4 Å². The molecule has 0 fully saturated rings. The van der Waals surface area contributed by atoms with Gasteiger partial charge in [-0.05, 0) is 93.4 Å². The van der Waals surface area contributed by atoms with Crippen molar-refractivity contribution < 1.29 is 17.5 Å². The van der Waals surface area contributed by atoms with E-state index in [4.69, 9.17) is 0 Å². The normalized spacial score (nSPS) is 19.6. The molecule has 0 saturated heterocycles. The predicted octanol–water partition coefficient (Wildman–Crippen LogP) is 10.6. The Morgan fingerprint density at radius 3 is 2.27 bits per heavy atom. The second kappa shape index (κ2) is 15.8. The van der Waals surface area contributed by atoms with E-state index in [1.165, 1.54) is 64.3 Å². The highest BCUT2D eigenvalue weighted by Gasteiger charge is 2.44. The molecule has 0 aromatic heterocycles. The van der Waals surface area contributed by atoms with Crippen LogP contribution in [0.1, 0.15) is 97.1 Å².